The van der Waals surface area contributed by atoms with E-state index < -0.39 is 11.9 Å². The minimum Gasteiger partial charge on any atom is -0.478 e. The molecule has 158 valence electrons. The van der Waals surface area contributed by atoms with Crippen LogP contribution in [0.15, 0.2) is 61.2 Å². The van der Waals surface area contributed by atoms with Crippen molar-refractivity contribution < 1.29 is 24.2 Å². The van der Waals surface area contributed by atoms with Gasteiger partial charge in [0.15, 0.2) is 0 Å². The van der Waals surface area contributed by atoms with Gasteiger partial charge in [-0.15, -0.1) is 0 Å². The topological polar surface area (TPSA) is 77.8 Å². The molecule has 0 amide bonds. The highest BCUT2D eigenvalue weighted by atomic mass is 19.1. The Morgan fingerprint density at radius 2 is 1.73 bits per heavy atom. The van der Waals surface area contributed by atoms with Crippen LogP contribution in [0.2, 0.25) is 0 Å². The summed E-state index contributed by atoms with van der Waals surface area (Å²) in [5.41, 5.74) is 5.60. The number of rotatable bonds is 5. The number of carboxylic acid groups (broad SMARTS) is 2. The molecule has 0 aliphatic heterocycles. The quantitative estimate of drug-likeness (QED) is 0.722. The summed E-state index contributed by atoms with van der Waals surface area (Å²) < 4.78 is 13.8. The molecule has 2 aromatic rings. The molecule has 1 atom stereocenters. The number of nitrogens with zero attached hydrogens (tertiary/aromatic N) is 1. The molecule has 6 heteroatoms. The molecule has 5 nitrogen and oxygen atoms in total. The zero-order chi connectivity index (χ0) is 22.3. The Kier molecular flexibility index (Phi) is 8.07. The minimum atomic E-state index is -1.26. The Labute approximate surface area is 175 Å². The van der Waals surface area contributed by atoms with Crippen LogP contribution in [0.5, 0.6) is 0 Å². The van der Waals surface area contributed by atoms with Crippen LogP contribution in [0.1, 0.15) is 34.6 Å². The monoisotopic (exact) mass is 411 g/mol. The van der Waals surface area contributed by atoms with E-state index >= 15 is 0 Å². The van der Waals surface area contributed by atoms with Crippen molar-refractivity contribution >= 4 is 17.5 Å². The number of carbonyl (C=O) groups is 2. The molecule has 30 heavy (non-hydrogen) atoms. The number of aliphatic carboxylic acids is 2. The lowest BCUT2D eigenvalue weighted by molar-refractivity contribution is -0.134. The average molecular weight is 411 g/mol. The highest BCUT2D eigenvalue weighted by Gasteiger charge is 2.24. The third-order valence-corrected chi connectivity index (χ3v) is 4.88. The summed E-state index contributed by atoms with van der Waals surface area (Å²) in [6, 6.07) is 13.5. The molecule has 0 heterocycles. The van der Waals surface area contributed by atoms with Crippen LogP contribution >= 0.6 is 0 Å². The largest absolute Gasteiger partial charge is 0.478 e. The number of benzene rings is 2. The maximum absolute atomic E-state index is 13.8. The second-order valence-corrected chi connectivity index (χ2v) is 7.37. The maximum atomic E-state index is 13.8. The molecule has 1 aliphatic rings. The SMILES string of the molecule is C=C1c2ccccc2CC(CCN(C)C)c2ccc(F)cc21.O=C(O)/C=C\C(=O)O. The first-order chi connectivity index (χ1) is 14.2. The van der Waals surface area contributed by atoms with Crippen LogP contribution in [-0.4, -0.2) is 47.7 Å². The van der Waals surface area contributed by atoms with Gasteiger partial charge in [-0.3, -0.25) is 0 Å². The molecule has 1 unspecified atom stereocenters. The Hall–Kier alpha value is -3.25. The number of halogens is 1. The summed E-state index contributed by atoms with van der Waals surface area (Å²) in [5, 5.41) is 15.6. The summed E-state index contributed by atoms with van der Waals surface area (Å²) >= 11 is 0. The second-order valence-electron chi connectivity index (χ2n) is 7.37. The van der Waals surface area contributed by atoms with E-state index in [2.05, 4.69) is 43.8 Å². The van der Waals surface area contributed by atoms with E-state index in [1.54, 1.807) is 12.1 Å². The molecule has 0 radical (unpaired) electrons. The Morgan fingerprint density at radius 1 is 1.10 bits per heavy atom. The third kappa shape index (κ3) is 6.39. The van der Waals surface area contributed by atoms with Crippen molar-refractivity contribution in [2.24, 2.45) is 0 Å². The van der Waals surface area contributed by atoms with Crippen molar-refractivity contribution in [2.75, 3.05) is 20.6 Å². The summed E-state index contributed by atoms with van der Waals surface area (Å²) in [5.74, 6) is -2.30. The molecular weight excluding hydrogens is 385 g/mol. The first-order valence-electron chi connectivity index (χ1n) is 9.54. The fourth-order valence-electron chi connectivity index (χ4n) is 3.47. The molecule has 0 aromatic heterocycles. The van der Waals surface area contributed by atoms with Gasteiger partial charge in [0.05, 0.1) is 0 Å². The van der Waals surface area contributed by atoms with Gasteiger partial charge in [0, 0.05) is 12.2 Å². The van der Waals surface area contributed by atoms with Gasteiger partial charge in [-0.2, -0.15) is 0 Å². The molecule has 0 bridgehead atoms. The summed E-state index contributed by atoms with van der Waals surface area (Å²) in [7, 11) is 4.18. The molecule has 0 saturated heterocycles. The predicted octanol–water partition coefficient (Wildman–Crippen LogP) is 4.19. The van der Waals surface area contributed by atoms with E-state index in [1.807, 2.05) is 12.1 Å². The van der Waals surface area contributed by atoms with Crippen LogP contribution in [0.25, 0.3) is 5.57 Å². The van der Waals surface area contributed by atoms with Crippen molar-refractivity contribution in [3.05, 3.63) is 89.3 Å². The molecule has 1 aliphatic carbocycles. The number of fused-ring (bicyclic) bond motifs is 2. The minimum absolute atomic E-state index is 0.189. The second kappa shape index (κ2) is 10.5. The highest BCUT2D eigenvalue weighted by molar-refractivity contribution is 5.89. The van der Waals surface area contributed by atoms with Crippen molar-refractivity contribution in [3.8, 4) is 0 Å². The van der Waals surface area contributed by atoms with Gasteiger partial charge in [0.2, 0.25) is 0 Å². The van der Waals surface area contributed by atoms with Gasteiger partial charge < -0.3 is 15.1 Å². The van der Waals surface area contributed by atoms with Crippen molar-refractivity contribution in [1.29, 1.82) is 0 Å². The van der Waals surface area contributed by atoms with Crippen molar-refractivity contribution in [3.63, 3.8) is 0 Å². The first-order valence-corrected chi connectivity index (χ1v) is 9.54. The predicted molar refractivity (Wildman–Crippen MR) is 115 cm³/mol. The molecule has 3 rings (SSSR count). The smallest absolute Gasteiger partial charge is 0.328 e. The van der Waals surface area contributed by atoms with E-state index in [1.165, 1.54) is 11.1 Å². The fraction of sp³-hybridized carbons (Fsp3) is 0.250. The average Bonchev–Trinajstić information content (AvgIpc) is 2.80. The van der Waals surface area contributed by atoms with Crippen molar-refractivity contribution in [2.45, 2.75) is 18.8 Å². The van der Waals surface area contributed by atoms with Gasteiger partial charge in [-0.05, 0) is 79.4 Å². The molecule has 2 aromatic carbocycles. The van der Waals surface area contributed by atoms with Crippen LogP contribution in [0.3, 0.4) is 0 Å². The summed E-state index contributed by atoms with van der Waals surface area (Å²) in [6.45, 7) is 5.27. The van der Waals surface area contributed by atoms with Gasteiger partial charge in [0.25, 0.3) is 0 Å². The molecular formula is C24H26FNO4. The van der Waals surface area contributed by atoms with E-state index in [9.17, 15) is 14.0 Å². The van der Waals surface area contributed by atoms with Gasteiger partial charge in [0.1, 0.15) is 5.82 Å². The Balaban J connectivity index is 0.000000343. The zero-order valence-electron chi connectivity index (χ0n) is 17.1. The zero-order valence-corrected chi connectivity index (χ0v) is 17.1. The standard InChI is InChI=1S/C20H22FN.C4H4O4/c1-14-18-7-5-4-6-15(18)12-16(10-11-22(2)3)19-9-8-17(21)13-20(14)19;5-3(6)1-2-4(7)8/h4-9,13,16H,1,10-12H2,2-3H3;1-2H,(H,5,6)(H,7,8)/b;2-1-. The van der Waals surface area contributed by atoms with E-state index in [4.69, 9.17) is 10.2 Å². The van der Waals surface area contributed by atoms with Gasteiger partial charge >= 0.3 is 11.9 Å². The maximum Gasteiger partial charge on any atom is 0.328 e. The lowest BCUT2D eigenvalue weighted by Gasteiger charge is -2.20. The van der Waals surface area contributed by atoms with E-state index in [-0.39, 0.29) is 5.82 Å². The van der Waals surface area contributed by atoms with E-state index in [0.717, 1.165) is 36.1 Å². The Morgan fingerprint density at radius 3 is 2.33 bits per heavy atom. The van der Waals surface area contributed by atoms with Gasteiger partial charge in [-0.1, -0.05) is 36.9 Å². The Bertz CT molecular complexity index is 949. The van der Waals surface area contributed by atoms with Crippen LogP contribution in [0, 0.1) is 5.82 Å². The molecule has 0 spiro atoms. The fourth-order valence-corrected chi connectivity index (χ4v) is 3.47. The number of hydrogen-bond acceptors (Lipinski definition) is 3. The number of hydrogen-bond donors (Lipinski definition) is 2. The molecule has 2 N–H and O–H groups in total. The lowest BCUT2D eigenvalue weighted by Crippen LogP contribution is -2.17. The number of carboxylic acids is 2. The van der Waals surface area contributed by atoms with Crippen LogP contribution < -0.4 is 0 Å². The first kappa shape index (κ1) is 23.0. The van der Waals surface area contributed by atoms with Gasteiger partial charge in [-0.25, -0.2) is 14.0 Å². The highest BCUT2D eigenvalue weighted by Crippen LogP contribution is 2.39. The summed E-state index contributed by atoms with van der Waals surface area (Å²) in [6.07, 6.45) is 3.17. The molecule has 0 saturated carbocycles. The van der Waals surface area contributed by atoms with Crippen LogP contribution in [0.4, 0.5) is 4.39 Å². The molecule has 0 fully saturated rings. The normalized spacial score (nSPS) is 15.1. The lowest BCUT2D eigenvalue weighted by atomic mass is 9.88. The third-order valence-electron chi connectivity index (χ3n) is 4.88. The van der Waals surface area contributed by atoms with Crippen LogP contribution in [-0.2, 0) is 16.0 Å². The summed E-state index contributed by atoms with van der Waals surface area (Å²) in [4.78, 5) is 21.3. The van der Waals surface area contributed by atoms with Crippen molar-refractivity contribution in [1.82, 2.24) is 4.90 Å². The van der Waals surface area contributed by atoms with E-state index in [0.29, 0.717) is 18.1 Å².